The fraction of sp³-hybridized carbons (Fsp3) is 0.870. The van der Waals surface area contributed by atoms with Gasteiger partial charge >= 0.3 is 0 Å². The van der Waals surface area contributed by atoms with Crippen molar-refractivity contribution in [1.29, 1.82) is 0 Å². The number of amides is 1. The molecule has 0 aromatic heterocycles. The van der Waals surface area contributed by atoms with Crippen molar-refractivity contribution >= 4 is 17.5 Å². The van der Waals surface area contributed by atoms with Gasteiger partial charge in [0.05, 0.1) is 0 Å². The normalized spacial score (nSPS) is 45.2. The first-order valence-corrected chi connectivity index (χ1v) is 11.3. The summed E-state index contributed by atoms with van der Waals surface area (Å²) in [6, 6.07) is 0.116. The van der Waals surface area contributed by atoms with Gasteiger partial charge in [-0.15, -0.1) is 0 Å². The Morgan fingerprint density at radius 3 is 2.68 bits per heavy atom. The Bertz CT molecular complexity index is 677. The van der Waals surface area contributed by atoms with E-state index in [1.807, 2.05) is 0 Å². The molecule has 0 spiro atoms. The van der Waals surface area contributed by atoms with Crippen LogP contribution in [-0.2, 0) is 14.4 Å². The topological polar surface area (TPSA) is 89.3 Å². The molecule has 7 atom stereocenters. The third-order valence-electron chi connectivity index (χ3n) is 9.14. The molecule has 2 unspecified atom stereocenters. The number of nitrogens with two attached hydrogens (primary N) is 1. The largest absolute Gasteiger partial charge is 0.353 e. The summed E-state index contributed by atoms with van der Waals surface area (Å²) in [6.45, 7) is 5.02. The van der Waals surface area contributed by atoms with Crippen LogP contribution in [0.1, 0.15) is 78.1 Å². The molecule has 1 amide bonds. The standard InChI is InChI=1S/C23H36N2O3/c1-22-9-7-14(25-21(28)4-3-11-24)12-18(22)19(26)13-15-16-5-6-20(27)23(16,2)10-8-17(15)22/h14-18H,3-13,24H2,1-2H3,(H,25,28)/t14?,15-,16-,17+,18?,22+,23-/m0/s1. The molecule has 0 heterocycles. The van der Waals surface area contributed by atoms with E-state index in [1.165, 1.54) is 0 Å². The minimum atomic E-state index is -0.182. The van der Waals surface area contributed by atoms with Crippen molar-refractivity contribution in [3.63, 3.8) is 0 Å². The van der Waals surface area contributed by atoms with Gasteiger partial charge in [-0.3, -0.25) is 14.4 Å². The highest BCUT2D eigenvalue weighted by Gasteiger charge is 2.62. The average Bonchev–Trinajstić information content (AvgIpc) is 2.96. The van der Waals surface area contributed by atoms with Gasteiger partial charge < -0.3 is 11.1 Å². The number of hydrogen-bond acceptors (Lipinski definition) is 4. The highest BCUT2D eigenvalue weighted by atomic mass is 16.2. The Morgan fingerprint density at radius 1 is 1.14 bits per heavy atom. The van der Waals surface area contributed by atoms with Crippen molar-refractivity contribution in [1.82, 2.24) is 5.32 Å². The lowest BCUT2D eigenvalue weighted by Crippen LogP contribution is -2.58. The summed E-state index contributed by atoms with van der Waals surface area (Å²) in [7, 11) is 0. The van der Waals surface area contributed by atoms with E-state index in [-0.39, 0.29) is 28.7 Å². The maximum absolute atomic E-state index is 13.3. The van der Waals surface area contributed by atoms with Gasteiger partial charge in [0.2, 0.25) is 5.91 Å². The van der Waals surface area contributed by atoms with Crippen molar-refractivity contribution < 1.29 is 14.4 Å². The fourth-order valence-electron chi connectivity index (χ4n) is 7.50. The smallest absolute Gasteiger partial charge is 0.220 e. The first kappa shape index (κ1) is 20.1. The molecule has 4 aliphatic carbocycles. The number of Topliss-reactive ketones (excluding diaryl/α,β-unsaturated/α-hetero) is 2. The summed E-state index contributed by atoms with van der Waals surface area (Å²) >= 11 is 0. The van der Waals surface area contributed by atoms with Crippen molar-refractivity contribution in [3.8, 4) is 0 Å². The first-order chi connectivity index (χ1) is 13.3. The first-order valence-electron chi connectivity index (χ1n) is 11.3. The lowest BCUT2D eigenvalue weighted by Gasteiger charge is -2.59. The SMILES string of the molecule is C[C@]12CCC(NC(=O)CCCN)CC1C(=O)C[C@@H]1[C@H]2CC[C@]2(C)C(=O)CC[C@@H]12. The molecule has 0 bridgehead atoms. The number of hydrogen-bond donors (Lipinski definition) is 2. The molecule has 3 N–H and O–H groups in total. The fourth-order valence-corrected chi connectivity index (χ4v) is 7.50. The summed E-state index contributed by atoms with van der Waals surface area (Å²) in [5.41, 5.74) is 5.36. The van der Waals surface area contributed by atoms with Crippen LogP contribution in [0, 0.1) is 34.5 Å². The Morgan fingerprint density at radius 2 is 1.93 bits per heavy atom. The Kier molecular flexibility index (Phi) is 5.18. The zero-order valence-electron chi connectivity index (χ0n) is 17.5. The predicted molar refractivity (Wildman–Crippen MR) is 107 cm³/mol. The van der Waals surface area contributed by atoms with Crippen LogP contribution in [0.15, 0.2) is 0 Å². The zero-order chi connectivity index (χ0) is 20.1. The van der Waals surface area contributed by atoms with Crippen LogP contribution in [0.3, 0.4) is 0 Å². The second kappa shape index (κ2) is 7.23. The van der Waals surface area contributed by atoms with E-state index < -0.39 is 0 Å². The zero-order valence-corrected chi connectivity index (χ0v) is 17.5. The van der Waals surface area contributed by atoms with Gasteiger partial charge in [0.1, 0.15) is 11.6 Å². The van der Waals surface area contributed by atoms with Gasteiger partial charge in [-0.2, -0.15) is 0 Å². The van der Waals surface area contributed by atoms with Crippen molar-refractivity contribution in [2.75, 3.05) is 6.54 Å². The maximum Gasteiger partial charge on any atom is 0.220 e. The summed E-state index contributed by atoms with van der Waals surface area (Å²) < 4.78 is 0. The predicted octanol–water partition coefficient (Wildman–Crippen LogP) is 3.00. The van der Waals surface area contributed by atoms with E-state index in [9.17, 15) is 14.4 Å². The van der Waals surface area contributed by atoms with E-state index in [4.69, 9.17) is 5.73 Å². The maximum atomic E-state index is 13.3. The number of ketones is 2. The van der Waals surface area contributed by atoms with Crippen LogP contribution in [0.25, 0.3) is 0 Å². The third kappa shape index (κ3) is 3.05. The molecule has 4 fully saturated rings. The molecular weight excluding hydrogens is 352 g/mol. The molecule has 0 aromatic carbocycles. The van der Waals surface area contributed by atoms with Crippen LogP contribution >= 0.6 is 0 Å². The van der Waals surface area contributed by atoms with Gasteiger partial charge in [-0.1, -0.05) is 13.8 Å². The number of carbonyl (C=O) groups is 3. The van der Waals surface area contributed by atoms with Gasteiger partial charge in [0.15, 0.2) is 0 Å². The molecular formula is C23H36N2O3. The number of fused-ring (bicyclic) bond motifs is 5. The van der Waals surface area contributed by atoms with Crippen molar-refractivity contribution in [2.24, 2.45) is 40.2 Å². The van der Waals surface area contributed by atoms with Crippen LogP contribution in [0.5, 0.6) is 0 Å². The molecule has 4 saturated carbocycles. The monoisotopic (exact) mass is 388 g/mol. The third-order valence-corrected chi connectivity index (χ3v) is 9.14. The summed E-state index contributed by atoms with van der Waals surface area (Å²) in [5, 5.41) is 3.15. The van der Waals surface area contributed by atoms with Gasteiger partial charge in [-0.05, 0) is 74.7 Å². The van der Waals surface area contributed by atoms with E-state index in [0.29, 0.717) is 61.5 Å². The molecule has 0 aromatic rings. The summed E-state index contributed by atoms with van der Waals surface area (Å²) in [4.78, 5) is 37.9. The van der Waals surface area contributed by atoms with Crippen LogP contribution in [-0.4, -0.2) is 30.1 Å². The minimum Gasteiger partial charge on any atom is -0.353 e. The molecule has 0 radical (unpaired) electrons. The minimum absolute atomic E-state index is 0.0332. The van der Waals surface area contributed by atoms with E-state index in [1.54, 1.807) is 0 Å². The molecule has 156 valence electrons. The van der Waals surface area contributed by atoms with Gasteiger partial charge in [-0.25, -0.2) is 0 Å². The summed E-state index contributed by atoms with van der Waals surface area (Å²) in [6.07, 6.45) is 8.33. The molecule has 28 heavy (non-hydrogen) atoms. The lowest BCUT2D eigenvalue weighted by atomic mass is 9.45. The highest BCUT2D eigenvalue weighted by molar-refractivity contribution is 5.88. The Balaban J connectivity index is 1.49. The summed E-state index contributed by atoms with van der Waals surface area (Å²) in [5.74, 6) is 2.27. The van der Waals surface area contributed by atoms with Crippen molar-refractivity contribution in [2.45, 2.75) is 84.1 Å². The van der Waals surface area contributed by atoms with Crippen molar-refractivity contribution in [3.05, 3.63) is 0 Å². The molecule has 5 heteroatoms. The molecule has 4 aliphatic rings. The second-order valence-corrected chi connectivity index (χ2v) is 10.5. The lowest BCUT2D eigenvalue weighted by molar-refractivity contribution is -0.157. The number of carbonyl (C=O) groups excluding carboxylic acids is 3. The Labute approximate surface area is 168 Å². The average molecular weight is 389 g/mol. The van der Waals surface area contributed by atoms with E-state index in [0.717, 1.165) is 38.5 Å². The van der Waals surface area contributed by atoms with Crippen LogP contribution < -0.4 is 11.1 Å². The number of nitrogens with one attached hydrogen (secondary N) is 1. The van der Waals surface area contributed by atoms with Gasteiger partial charge in [0.25, 0.3) is 0 Å². The molecule has 4 rings (SSSR count). The van der Waals surface area contributed by atoms with Crippen LogP contribution in [0.2, 0.25) is 0 Å². The molecule has 0 saturated heterocycles. The molecule has 0 aliphatic heterocycles. The number of rotatable bonds is 4. The van der Waals surface area contributed by atoms with E-state index in [2.05, 4.69) is 19.2 Å². The highest BCUT2D eigenvalue weighted by Crippen LogP contribution is 2.64. The Hall–Kier alpha value is -1.23. The van der Waals surface area contributed by atoms with Gasteiger partial charge in [0, 0.05) is 36.6 Å². The van der Waals surface area contributed by atoms with Crippen LogP contribution in [0.4, 0.5) is 0 Å². The molecule has 5 nitrogen and oxygen atoms in total. The quantitative estimate of drug-likeness (QED) is 0.775. The van der Waals surface area contributed by atoms with E-state index >= 15 is 0 Å². The second-order valence-electron chi connectivity index (χ2n) is 10.5.